The predicted octanol–water partition coefficient (Wildman–Crippen LogP) is 3.04. The molecule has 2 aromatic rings. The Morgan fingerprint density at radius 3 is 2.30 bits per heavy atom. The fourth-order valence-electron chi connectivity index (χ4n) is 2.16. The molecular weight excluding hydrogens is 415 g/mol. The van der Waals surface area contributed by atoms with Crippen LogP contribution in [-0.2, 0) is 19.6 Å². The van der Waals surface area contributed by atoms with Crippen LogP contribution in [0.2, 0.25) is 10.0 Å². The molecule has 0 aliphatic carbocycles. The summed E-state index contributed by atoms with van der Waals surface area (Å²) in [6, 6.07) is 10.0. The van der Waals surface area contributed by atoms with Crippen LogP contribution in [0.3, 0.4) is 0 Å². The van der Waals surface area contributed by atoms with Gasteiger partial charge in [0, 0.05) is 7.05 Å². The number of nitrogens with one attached hydrogen (secondary N) is 1. The molecule has 2 rings (SSSR count). The van der Waals surface area contributed by atoms with E-state index in [0.717, 1.165) is 4.31 Å². The minimum Gasteiger partial charge on any atom is -0.465 e. The number of likely N-dealkylation sites (N-methyl/N-ethyl adjacent to an activating group) is 1. The third kappa shape index (κ3) is 4.98. The zero-order valence-electron chi connectivity index (χ0n) is 14.4. The van der Waals surface area contributed by atoms with E-state index in [4.69, 9.17) is 23.2 Å². The molecule has 0 spiro atoms. The highest BCUT2D eigenvalue weighted by atomic mass is 35.5. The molecule has 0 aliphatic rings. The molecule has 10 heteroatoms. The van der Waals surface area contributed by atoms with Crippen molar-refractivity contribution in [1.82, 2.24) is 4.31 Å². The molecule has 0 aromatic heterocycles. The van der Waals surface area contributed by atoms with Crippen LogP contribution in [0.1, 0.15) is 10.4 Å². The Labute approximate surface area is 166 Å². The van der Waals surface area contributed by atoms with Crippen LogP contribution in [0.25, 0.3) is 0 Å². The summed E-state index contributed by atoms with van der Waals surface area (Å²) in [4.78, 5) is 23.7. The highest BCUT2D eigenvalue weighted by Gasteiger charge is 2.24. The first-order valence-electron chi connectivity index (χ1n) is 7.55. The number of carbonyl (C=O) groups excluding carboxylic acids is 2. The van der Waals surface area contributed by atoms with Gasteiger partial charge < -0.3 is 10.1 Å². The molecule has 0 bridgehead atoms. The monoisotopic (exact) mass is 430 g/mol. The van der Waals surface area contributed by atoms with Crippen molar-refractivity contribution in [3.63, 3.8) is 0 Å². The van der Waals surface area contributed by atoms with E-state index in [1.807, 2.05) is 0 Å². The number of halogens is 2. The van der Waals surface area contributed by atoms with Crippen molar-refractivity contribution in [2.24, 2.45) is 0 Å². The van der Waals surface area contributed by atoms with Crippen molar-refractivity contribution >= 4 is 50.8 Å². The molecule has 0 unspecified atom stereocenters. The number of amides is 1. The number of sulfonamides is 1. The Morgan fingerprint density at radius 1 is 1.11 bits per heavy atom. The molecule has 2 aromatic carbocycles. The number of carbonyl (C=O) groups is 2. The molecule has 0 atom stereocenters. The van der Waals surface area contributed by atoms with Crippen LogP contribution >= 0.6 is 23.2 Å². The smallest absolute Gasteiger partial charge is 0.337 e. The van der Waals surface area contributed by atoms with Gasteiger partial charge in [-0.2, -0.15) is 4.31 Å². The van der Waals surface area contributed by atoms with Gasteiger partial charge in [0.2, 0.25) is 15.9 Å². The van der Waals surface area contributed by atoms with Gasteiger partial charge in [-0.05, 0) is 30.3 Å². The van der Waals surface area contributed by atoms with Crippen LogP contribution in [-0.4, -0.2) is 45.3 Å². The van der Waals surface area contributed by atoms with Gasteiger partial charge in [0.1, 0.15) is 0 Å². The summed E-state index contributed by atoms with van der Waals surface area (Å²) < 4.78 is 30.7. The first-order valence-corrected chi connectivity index (χ1v) is 9.75. The van der Waals surface area contributed by atoms with Crippen LogP contribution in [0.4, 0.5) is 5.69 Å². The second-order valence-corrected chi connectivity index (χ2v) is 8.28. The zero-order valence-corrected chi connectivity index (χ0v) is 16.7. The molecule has 1 amide bonds. The number of anilines is 1. The van der Waals surface area contributed by atoms with Crippen LogP contribution in [0.15, 0.2) is 47.4 Å². The lowest BCUT2D eigenvalue weighted by molar-refractivity contribution is -0.116. The summed E-state index contributed by atoms with van der Waals surface area (Å²) >= 11 is 12.0. The van der Waals surface area contributed by atoms with Crippen molar-refractivity contribution in [2.75, 3.05) is 26.0 Å². The number of ether oxygens (including phenoxy) is 1. The maximum absolute atomic E-state index is 12.7. The lowest BCUT2D eigenvalue weighted by atomic mass is 10.2. The highest BCUT2D eigenvalue weighted by molar-refractivity contribution is 7.89. The van der Waals surface area contributed by atoms with Crippen molar-refractivity contribution in [2.45, 2.75) is 4.90 Å². The number of hydrogen-bond acceptors (Lipinski definition) is 5. The summed E-state index contributed by atoms with van der Waals surface area (Å²) in [6.07, 6.45) is 0. The molecule has 27 heavy (non-hydrogen) atoms. The minimum atomic E-state index is -4.01. The summed E-state index contributed by atoms with van der Waals surface area (Å²) in [5.41, 5.74) is 0.281. The molecule has 0 heterocycles. The fourth-order valence-corrected chi connectivity index (χ4v) is 3.83. The standard InChI is InChI=1S/C17H16Cl2N2O5S/c1-21(10-15(22)20-16-13(18)7-4-8-14(16)19)27(24,25)12-6-3-5-11(9-12)17(23)26-2/h3-9H,10H2,1-2H3,(H,20,22). The van der Waals surface area contributed by atoms with E-state index in [2.05, 4.69) is 10.1 Å². The summed E-state index contributed by atoms with van der Waals surface area (Å²) in [6.45, 7) is -0.480. The number of rotatable bonds is 6. The number of nitrogens with zero attached hydrogens (tertiary/aromatic N) is 1. The molecule has 0 aliphatic heterocycles. The number of esters is 1. The van der Waals surface area contributed by atoms with Gasteiger partial charge in [0.05, 0.1) is 39.8 Å². The second kappa shape index (κ2) is 8.71. The third-order valence-electron chi connectivity index (χ3n) is 3.56. The maximum atomic E-state index is 12.7. The molecule has 1 N–H and O–H groups in total. The zero-order chi connectivity index (χ0) is 20.2. The Bertz CT molecular complexity index is 959. The summed E-state index contributed by atoms with van der Waals surface area (Å²) in [7, 11) is -1.57. The van der Waals surface area contributed by atoms with E-state index in [9.17, 15) is 18.0 Å². The first kappa shape index (κ1) is 21.2. The largest absolute Gasteiger partial charge is 0.465 e. The average molecular weight is 431 g/mol. The fraction of sp³-hybridized carbons (Fsp3) is 0.176. The molecule has 7 nitrogen and oxygen atoms in total. The van der Waals surface area contributed by atoms with E-state index in [1.165, 1.54) is 38.4 Å². The lowest BCUT2D eigenvalue weighted by Crippen LogP contribution is -2.35. The van der Waals surface area contributed by atoms with Crippen molar-refractivity contribution in [1.29, 1.82) is 0 Å². The van der Waals surface area contributed by atoms with Crippen molar-refractivity contribution < 1.29 is 22.7 Å². The van der Waals surface area contributed by atoms with Gasteiger partial charge >= 0.3 is 5.97 Å². The number of para-hydroxylation sites is 1. The van der Waals surface area contributed by atoms with E-state index < -0.39 is 28.4 Å². The second-order valence-electron chi connectivity index (χ2n) is 5.43. The van der Waals surface area contributed by atoms with Crippen LogP contribution in [0, 0.1) is 0 Å². The van der Waals surface area contributed by atoms with Crippen LogP contribution < -0.4 is 5.32 Å². The Kier molecular flexibility index (Phi) is 6.83. The SMILES string of the molecule is COC(=O)c1cccc(S(=O)(=O)N(C)CC(=O)Nc2c(Cl)cccc2Cl)c1. The van der Waals surface area contributed by atoms with Gasteiger partial charge in [-0.15, -0.1) is 0 Å². The highest BCUT2D eigenvalue weighted by Crippen LogP contribution is 2.29. The van der Waals surface area contributed by atoms with Gasteiger partial charge in [-0.1, -0.05) is 35.3 Å². The quantitative estimate of drug-likeness (QED) is 0.710. The van der Waals surface area contributed by atoms with E-state index >= 15 is 0 Å². The van der Waals surface area contributed by atoms with Gasteiger partial charge in [-0.3, -0.25) is 4.79 Å². The van der Waals surface area contributed by atoms with Crippen LogP contribution in [0.5, 0.6) is 0 Å². The van der Waals surface area contributed by atoms with Gasteiger partial charge in [-0.25, -0.2) is 13.2 Å². The Hall–Kier alpha value is -2.13. The van der Waals surface area contributed by atoms with E-state index in [1.54, 1.807) is 18.2 Å². The Morgan fingerprint density at radius 2 is 1.70 bits per heavy atom. The molecule has 144 valence electrons. The van der Waals surface area contributed by atoms with E-state index in [0.29, 0.717) is 0 Å². The minimum absolute atomic E-state index is 0.0827. The number of hydrogen-bond donors (Lipinski definition) is 1. The topological polar surface area (TPSA) is 92.8 Å². The third-order valence-corrected chi connectivity index (χ3v) is 5.99. The molecule has 0 fully saturated rings. The number of benzene rings is 2. The molecule has 0 saturated heterocycles. The maximum Gasteiger partial charge on any atom is 0.337 e. The van der Waals surface area contributed by atoms with Gasteiger partial charge in [0.25, 0.3) is 0 Å². The molecule has 0 saturated carbocycles. The summed E-state index contributed by atoms with van der Waals surface area (Å²) in [5.74, 6) is -1.29. The number of methoxy groups -OCH3 is 1. The molecular formula is C17H16Cl2N2O5S. The molecule has 0 radical (unpaired) electrons. The van der Waals surface area contributed by atoms with E-state index in [-0.39, 0.29) is 26.2 Å². The predicted molar refractivity (Wildman–Crippen MR) is 103 cm³/mol. The van der Waals surface area contributed by atoms with Crippen molar-refractivity contribution in [3.8, 4) is 0 Å². The first-order chi connectivity index (χ1) is 12.7. The normalized spacial score (nSPS) is 11.3. The lowest BCUT2D eigenvalue weighted by Gasteiger charge is -2.18. The van der Waals surface area contributed by atoms with Gasteiger partial charge in [0.15, 0.2) is 0 Å². The Balaban J connectivity index is 2.18. The average Bonchev–Trinajstić information content (AvgIpc) is 2.64. The summed E-state index contributed by atoms with van der Waals surface area (Å²) in [5, 5.41) is 2.95. The van der Waals surface area contributed by atoms with Crippen molar-refractivity contribution in [3.05, 3.63) is 58.1 Å².